The molecule has 46 heavy (non-hydrogen) atoms. The van der Waals surface area contributed by atoms with E-state index in [1.54, 1.807) is 0 Å². The summed E-state index contributed by atoms with van der Waals surface area (Å²) in [5.74, 6) is -0.320. The number of aromatic nitrogens is 2. The summed E-state index contributed by atoms with van der Waals surface area (Å²) in [4.78, 5) is 26.0. The molecule has 15 nitrogen and oxygen atoms in total. The number of aliphatic hydroxyl groups excluding tert-OH is 4. The average molecular weight is 670 g/mol. The fourth-order valence-corrected chi connectivity index (χ4v) is 4.64. The van der Waals surface area contributed by atoms with Crippen molar-refractivity contribution in [1.82, 2.24) is 20.2 Å². The van der Waals surface area contributed by atoms with Crippen molar-refractivity contribution >= 4 is 35.1 Å². The van der Waals surface area contributed by atoms with Gasteiger partial charge in [0.1, 0.15) is 24.6 Å². The predicted molar refractivity (Wildman–Crippen MR) is 178 cm³/mol. The van der Waals surface area contributed by atoms with Gasteiger partial charge < -0.3 is 47.5 Å². The lowest BCUT2D eigenvalue weighted by atomic mass is 10.0. The van der Waals surface area contributed by atoms with Crippen molar-refractivity contribution in [2.24, 2.45) is 10.7 Å². The molecule has 0 radical (unpaired) electrons. The number of rotatable bonds is 21. The molecule has 1 aromatic carbocycles. The zero-order valence-corrected chi connectivity index (χ0v) is 27.1. The largest absolute Gasteiger partial charge is 0.492 e. The smallest absolute Gasteiger partial charge is 0.280 e. The van der Waals surface area contributed by atoms with Gasteiger partial charge in [0.05, 0.1) is 6.10 Å². The molecule has 0 saturated heterocycles. The Morgan fingerprint density at radius 2 is 1.70 bits per heavy atom. The summed E-state index contributed by atoms with van der Waals surface area (Å²) in [6.45, 7) is 3.69. The van der Waals surface area contributed by atoms with E-state index in [-0.39, 0.29) is 35.0 Å². The van der Waals surface area contributed by atoms with Crippen LogP contribution in [0.5, 0.6) is 5.75 Å². The van der Waals surface area contributed by atoms with Gasteiger partial charge in [0, 0.05) is 19.6 Å². The summed E-state index contributed by atoms with van der Waals surface area (Å²) in [5.41, 5.74) is 17.9. The second-order valence-electron chi connectivity index (χ2n) is 11.0. The quantitative estimate of drug-likeness (QED) is 0.0372. The third-order valence-corrected chi connectivity index (χ3v) is 7.52. The molecule has 0 aliphatic carbocycles. The Balaban J connectivity index is 1.76. The minimum absolute atomic E-state index is 0.0774. The van der Waals surface area contributed by atoms with Gasteiger partial charge in [-0.25, -0.2) is 9.97 Å². The van der Waals surface area contributed by atoms with Gasteiger partial charge >= 0.3 is 0 Å². The van der Waals surface area contributed by atoms with Gasteiger partial charge in [-0.05, 0) is 49.9 Å². The summed E-state index contributed by atoms with van der Waals surface area (Å²) >= 11 is 5.81. The van der Waals surface area contributed by atoms with E-state index in [2.05, 4.69) is 27.2 Å². The van der Waals surface area contributed by atoms with E-state index in [4.69, 9.17) is 38.6 Å². The molecule has 0 bridgehead atoms. The van der Waals surface area contributed by atoms with Crippen molar-refractivity contribution in [3.63, 3.8) is 0 Å². The Morgan fingerprint density at radius 3 is 2.37 bits per heavy atom. The number of hydrogen-bond acceptors (Lipinski definition) is 12. The summed E-state index contributed by atoms with van der Waals surface area (Å²) in [5, 5.41) is 49.8. The van der Waals surface area contributed by atoms with E-state index < -0.39 is 36.9 Å². The molecular formula is C30H50ClN8O7+. The molecule has 13 N–H and O–H groups in total. The number of carbonyl (C=O) groups excluding carboxylic acids is 1. The molecule has 1 amide bonds. The van der Waals surface area contributed by atoms with Crippen molar-refractivity contribution in [2.75, 3.05) is 50.9 Å². The molecule has 0 unspecified atom stereocenters. The second kappa shape index (κ2) is 20.7. The lowest BCUT2D eigenvalue weighted by molar-refractivity contribution is -0.119. The molecule has 0 saturated carbocycles. The summed E-state index contributed by atoms with van der Waals surface area (Å²) < 4.78 is 5.92. The zero-order chi connectivity index (χ0) is 34.1. The van der Waals surface area contributed by atoms with Gasteiger partial charge in [-0.2, -0.15) is 0 Å². The van der Waals surface area contributed by atoms with Gasteiger partial charge in [0.15, 0.2) is 41.2 Å². The van der Waals surface area contributed by atoms with E-state index in [0.29, 0.717) is 32.0 Å². The van der Waals surface area contributed by atoms with Crippen LogP contribution in [0.4, 0.5) is 11.6 Å². The number of anilines is 2. The number of aliphatic hydroxyl groups is 4. The third-order valence-electron chi connectivity index (χ3n) is 7.24. The number of guanidine groups is 1. The highest BCUT2D eigenvalue weighted by Gasteiger charge is 2.32. The van der Waals surface area contributed by atoms with Gasteiger partial charge in [0.2, 0.25) is 0 Å². The normalized spacial score (nSPS) is 14.6. The van der Waals surface area contributed by atoms with Crippen LogP contribution in [0, 0.1) is 0 Å². The minimum Gasteiger partial charge on any atom is -0.492 e. The Bertz CT molecular complexity index is 1220. The van der Waals surface area contributed by atoms with E-state index in [0.717, 1.165) is 50.5 Å². The van der Waals surface area contributed by atoms with Gasteiger partial charge in [-0.3, -0.25) is 20.0 Å². The summed E-state index contributed by atoms with van der Waals surface area (Å²) in [6, 6.07) is 7.75. The fraction of sp³-hybridized carbons (Fsp3) is 0.600. The van der Waals surface area contributed by atoms with Crippen molar-refractivity contribution in [3.8, 4) is 5.75 Å². The van der Waals surface area contributed by atoms with Crippen molar-refractivity contribution in [3.05, 3.63) is 40.7 Å². The van der Waals surface area contributed by atoms with Crippen molar-refractivity contribution in [2.45, 2.75) is 76.3 Å². The van der Waals surface area contributed by atoms with E-state index in [1.807, 2.05) is 29.2 Å². The first-order valence-corrected chi connectivity index (χ1v) is 15.8. The number of halogens is 1. The van der Waals surface area contributed by atoms with Crippen molar-refractivity contribution < 1.29 is 35.1 Å². The van der Waals surface area contributed by atoms with Crippen LogP contribution in [0.25, 0.3) is 0 Å². The number of benzene rings is 1. The Kier molecular flexibility index (Phi) is 17.5. The number of aryl methyl sites for hydroxylation is 1. The highest BCUT2D eigenvalue weighted by Crippen LogP contribution is 2.17. The van der Waals surface area contributed by atoms with Crippen LogP contribution in [0.2, 0.25) is 5.15 Å². The molecule has 2 rings (SSSR count). The van der Waals surface area contributed by atoms with Gasteiger partial charge in [-0.1, -0.05) is 49.9 Å². The van der Waals surface area contributed by atoms with E-state index in [1.165, 1.54) is 0 Å². The number of nitrogens with zero attached hydrogens (tertiary/aromatic N) is 4. The minimum atomic E-state index is -1.60. The number of ether oxygens (including phenoxy) is 1. The molecule has 0 spiro atoms. The standard InChI is InChI=1S/C30H49ClN8O7/c1-2-3-4-7-14-39(17-21(41)24(43)25(44)22(42)18-40)15-16-46-20-11-9-19(10-12-20)8-5-6-13-35-30(34)38-29(45)23-27(32)37-28(33)26(31)36-23/h9-12,21-22,24-25,40-44H,2-8,13-18H2,1H3,(H4,32,33,37)(H3,34,35,38,45)/p+1/t21-,22-,24+,25+/m0/s1. The number of aliphatic imine (C=N–C) groups is 1. The average Bonchev–Trinajstić information content (AvgIpc) is 3.03. The number of nitrogens with one attached hydrogen (secondary N) is 1. The number of amides is 1. The van der Waals surface area contributed by atoms with Crippen molar-refractivity contribution in [1.29, 1.82) is 0 Å². The van der Waals surface area contributed by atoms with E-state index in [9.17, 15) is 25.2 Å². The van der Waals surface area contributed by atoms with Crippen LogP contribution in [0.1, 0.15) is 61.5 Å². The van der Waals surface area contributed by atoms with Crippen LogP contribution >= 0.6 is 11.6 Å². The highest BCUT2D eigenvalue weighted by molar-refractivity contribution is 6.31. The number of carbonyl (C=O) groups is 1. The maximum absolute atomic E-state index is 12.3. The molecule has 2 aromatic rings. The van der Waals surface area contributed by atoms with Crippen LogP contribution in [0.15, 0.2) is 29.3 Å². The lowest BCUT2D eigenvalue weighted by Crippen LogP contribution is -2.50. The molecule has 258 valence electrons. The molecule has 4 atom stereocenters. The number of hydrogen-bond donors (Lipinski definition) is 8. The predicted octanol–water partition coefficient (Wildman–Crippen LogP) is -0.209. The SMILES string of the molecule is CCCCCCN(CCOc1ccc(CCCCN=C(N)NC(=O)c2nc(Cl)c(N)nc2N)cc1)C[C@H](O)[C@@H](O)[C@H](O)[C@@H](O)C[OH2+]. The van der Waals surface area contributed by atoms with Crippen LogP contribution in [-0.2, 0) is 6.42 Å². The molecule has 0 aliphatic rings. The molecule has 0 aliphatic heterocycles. The number of nitrogens with two attached hydrogens (primary N) is 3. The molecule has 16 heteroatoms. The Labute approximate surface area is 274 Å². The topological polar surface area (TPSA) is 262 Å². The maximum atomic E-state index is 12.3. The number of unbranched alkanes of at least 4 members (excludes halogenated alkanes) is 4. The molecule has 1 aromatic heterocycles. The van der Waals surface area contributed by atoms with Gasteiger partial charge in [-0.15, -0.1) is 0 Å². The summed E-state index contributed by atoms with van der Waals surface area (Å²) in [7, 11) is 0. The van der Waals surface area contributed by atoms with Crippen LogP contribution in [-0.4, -0.2) is 116 Å². The Hall–Kier alpha value is -3.31. The van der Waals surface area contributed by atoms with Gasteiger partial charge in [0.25, 0.3) is 5.91 Å². The van der Waals surface area contributed by atoms with Crippen LogP contribution < -0.4 is 27.3 Å². The highest BCUT2D eigenvalue weighted by atomic mass is 35.5. The summed E-state index contributed by atoms with van der Waals surface area (Å²) in [6.07, 6.45) is 0.652. The first-order chi connectivity index (χ1) is 22.0. The monoisotopic (exact) mass is 669 g/mol. The lowest BCUT2D eigenvalue weighted by Gasteiger charge is -2.30. The zero-order valence-electron chi connectivity index (χ0n) is 26.3. The first-order valence-electron chi connectivity index (χ1n) is 15.5. The molecule has 1 heterocycles. The van der Waals surface area contributed by atoms with E-state index >= 15 is 0 Å². The molecular weight excluding hydrogens is 620 g/mol. The Morgan fingerprint density at radius 1 is 1.00 bits per heavy atom. The first kappa shape index (κ1) is 38.9. The number of nitrogen functional groups attached to an aromatic ring is 2. The molecule has 0 fully saturated rings. The fourth-order valence-electron chi connectivity index (χ4n) is 4.51. The maximum Gasteiger partial charge on any atom is 0.280 e. The van der Waals surface area contributed by atoms with Crippen LogP contribution in [0.3, 0.4) is 0 Å². The third kappa shape index (κ3) is 13.6. The second-order valence-corrected chi connectivity index (χ2v) is 11.3.